The number of amides is 3. The largest absolute Gasteiger partial charge is 0.495 e. The van der Waals surface area contributed by atoms with E-state index in [1.807, 2.05) is 78.9 Å². The van der Waals surface area contributed by atoms with E-state index in [9.17, 15) is 19.5 Å². The van der Waals surface area contributed by atoms with Gasteiger partial charge in [0.2, 0.25) is 5.90 Å². The van der Waals surface area contributed by atoms with E-state index in [-0.39, 0.29) is 23.6 Å². The molecule has 1 atom stereocenters. The number of unbranched alkanes of at least 4 members (excludes halogenated alkanes) is 2. The molecule has 3 aromatic rings. The Hall–Kier alpha value is -4.46. The van der Waals surface area contributed by atoms with Crippen molar-refractivity contribution in [1.82, 2.24) is 0 Å². The van der Waals surface area contributed by atoms with Crippen LogP contribution in [0.5, 0.6) is 0 Å². The number of hydrazine groups is 1. The lowest BCUT2D eigenvalue weighted by Gasteiger charge is -2.27. The smallest absolute Gasteiger partial charge is 0.260 e. The van der Waals surface area contributed by atoms with Crippen molar-refractivity contribution in [3.05, 3.63) is 91.0 Å². The van der Waals surface area contributed by atoms with Crippen molar-refractivity contribution in [3.63, 3.8) is 0 Å². The monoisotopic (exact) mass is 540 g/mol. The van der Waals surface area contributed by atoms with Crippen LogP contribution in [0.15, 0.2) is 96.1 Å². The molecule has 0 saturated carbocycles. The highest BCUT2D eigenvalue weighted by Gasteiger charge is 2.46. The van der Waals surface area contributed by atoms with E-state index in [4.69, 9.17) is 0 Å². The molecule has 2 heterocycles. The van der Waals surface area contributed by atoms with E-state index in [0.717, 1.165) is 25.7 Å². The fourth-order valence-corrected chi connectivity index (χ4v) is 4.77. The lowest BCUT2D eigenvalue weighted by molar-refractivity contribution is -0.127. The van der Waals surface area contributed by atoms with Crippen LogP contribution in [0.1, 0.15) is 52.4 Å². The lowest BCUT2D eigenvalue weighted by atomic mass is 10.0. The molecule has 2 aliphatic rings. The summed E-state index contributed by atoms with van der Waals surface area (Å²) >= 11 is 0. The van der Waals surface area contributed by atoms with Gasteiger partial charge in [0.1, 0.15) is 11.8 Å². The lowest BCUT2D eigenvalue weighted by Crippen LogP contribution is -2.41. The number of aliphatic hydroxyl groups is 1. The summed E-state index contributed by atoms with van der Waals surface area (Å²) in [4.78, 5) is 37.8. The van der Waals surface area contributed by atoms with Crippen molar-refractivity contribution in [3.8, 4) is 0 Å². The Labute approximate surface area is 235 Å². The zero-order valence-electron chi connectivity index (χ0n) is 23.0. The van der Waals surface area contributed by atoms with Crippen LogP contribution in [0.3, 0.4) is 0 Å². The second-order valence-electron chi connectivity index (χ2n) is 9.80. The number of hydrogen-bond donors (Lipinski definition) is 1. The number of para-hydroxylation sites is 3. The normalized spacial score (nSPS) is 17.2. The molecule has 2 aliphatic heterocycles. The molecule has 40 heavy (non-hydrogen) atoms. The van der Waals surface area contributed by atoms with Gasteiger partial charge >= 0.3 is 0 Å². The Bertz CT molecular complexity index is 1260. The van der Waals surface area contributed by atoms with Crippen molar-refractivity contribution in [2.75, 3.05) is 15.0 Å². The van der Waals surface area contributed by atoms with Gasteiger partial charge in [0.25, 0.3) is 17.7 Å². The SMILES string of the molecule is CCCCC1C(=O)N(c2ccccc2)N(c2ccccc2)C1=O.CCCCC1C(=O)N(c2ccccc2)N=C1O. The first-order valence-electron chi connectivity index (χ1n) is 13.9. The van der Waals surface area contributed by atoms with Gasteiger partial charge in [-0.15, -0.1) is 5.10 Å². The number of carbonyl (C=O) groups is 3. The average Bonchev–Trinajstić information content (AvgIpc) is 3.42. The third-order valence-electron chi connectivity index (χ3n) is 6.93. The number of hydrazone groups is 1. The third kappa shape index (κ3) is 6.22. The van der Waals surface area contributed by atoms with Crippen LogP contribution in [-0.4, -0.2) is 28.7 Å². The van der Waals surface area contributed by atoms with Crippen LogP contribution in [0.2, 0.25) is 0 Å². The molecule has 1 fully saturated rings. The average molecular weight is 541 g/mol. The zero-order chi connectivity index (χ0) is 28.5. The zero-order valence-corrected chi connectivity index (χ0v) is 23.0. The summed E-state index contributed by atoms with van der Waals surface area (Å²) in [7, 11) is 0. The van der Waals surface area contributed by atoms with Gasteiger partial charge in [-0.05, 0) is 49.2 Å². The summed E-state index contributed by atoms with van der Waals surface area (Å²) in [6, 6.07) is 27.8. The summed E-state index contributed by atoms with van der Waals surface area (Å²) in [5, 5.41) is 17.9. The number of benzene rings is 3. The van der Waals surface area contributed by atoms with Crippen LogP contribution < -0.4 is 15.0 Å². The molecule has 208 valence electrons. The molecule has 1 N–H and O–H groups in total. The quantitative estimate of drug-likeness (QED) is 0.314. The first-order chi connectivity index (χ1) is 19.5. The van der Waals surface area contributed by atoms with Crippen LogP contribution >= 0.6 is 0 Å². The molecule has 1 unspecified atom stereocenters. The summed E-state index contributed by atoms with van der Waals surface area (Å²) in [6.45, 7) is 4.12. The molecule has 5 rings (SSSR count). The highest BCUT2D eigenvalue weighted by atomic mass is 16.3. The van der Waals surface area contributed by atoms with Gasteiger partial charge < -0.3 is 5.11 Å². The van der Waals surface area contributed by atoms with E-state index < -0.39 is 11.8 Å². The number of carbonyl (C=O) groups excluding carboxylic acids is 3. The first-order valence-corrected chi connectivity index (χ1v) is 13.9. The molecule has 0 radical (unpaired) electrons. The van der Waals surface area contributed by atoms with Gasteiger partial charge in [-0.1, -0.05) is 94.1 Å². The molecule has 3 amide bonds. The summed E-state index contributed by atoms with van der Waals surface area (Å²) < 4.78 is 0. The maximum Gasteiger partial charge on any atom is 0.260 e. The van der Waals surface area contributed by atoms with Crippen LogP contribution in [0, 0.1) is 11.8 Å². The van der Waals surface area contributed by atoms with Crippen molar-refractivity contribution in [1.29, 1.82) is 0 Å². The maximum atomic E-state index is 12.9. The standard InChI is InChI=1S/C19H20N2O2.C13H16N2O2/c1-2-3-14-17-18(22)20(15-10-6-4-7-11-15)21(19(17)23)16-12-8-5-9-13-16;1-2-3-9-11-12(16)14-15(13(11)17)10-7-5-4-6-8-10/h4-13,17H,2-3,14H2,1H3;4-8,11H,2-3,9H2,1H3,(H,14,16). The summed E-state index contributed by atoms with van der Waals surface area (Å²) in [6.07, 6.45) is 5.01. The molecular formula is C32H36N4O4. The Morgan fingerprint density at radius 2 is 1.00 bits per heavy atom. The number of nitrogens with zero attached hydrogens (tertiary/aromatic N) is 4. The Morgan fingerprint density at radius 3 is 1.43 bits per heavy atom. The van der Waals surface area contributed by atoms with E-state index >= 15 is 0 Å². The third-order valence-corrected chi connectivity index (χ3v) is 6.93. The molecular weight excluding hydrogens is 504 g/mol. The molecule has 1 saturated heterocycles. The first kappa shape index (κ1) is 28.5. The molecule has 0 aliphatic carbocycles. The highest BCUT2D eigenvalue weighted by Crippen LogP contribution is 2.33. The van der Waals surface area contributed by atoms with Gasteiger partial charge in [-0.3, -0.25) is 14.4 Å². The number of aliphatic hydroxyl groups excluding tert-OH is 1. The van der Waals surface area contributed by atoms with Crippen molar-refractivity contribution in [2.24, 2.45) is 16.9 Å². The second-order valence-corrected chi connectivity index (χ2v) is 9.80. The van der Waals surface area contributed by atoms with Crippen LogP contribution in [0.25, 0.3) is 0 Å². The van der Waals surface area contributed by atoms with Gasteiger partial charge in [0.15, 0.2) is 0 Å². The van der Waals surface area contributed by atoms with Crippen molar-refractivity contribution >= 4 is 40.7 Å². The number of rotatable bonds is 9. The maximum absolute atomic E-state index is 12.9. The summed E-state index contributed by atoms with van der Waals surface area (Å²) in [5.74, 6) is -1.53. The fraction of sp³-hybridized carbons (Fsp3) is 0.312. The highest BCUT2D eigenvalue weighted by molar-refractivity contribution is 6.23. The van der Waals surface area contributed by atoms with Gasteiger partial charge in [0.05, 0.1) is 17.1 Å². The van der Waals surface area contributed by atoms with E-state index in [1.54, 1.807) is 12.1 Å². The summed E-state index contributed by atoms with van der Waals surface area (Å²) in [5.41, 5.74) is 2.13. The second kappa shape index (κ2) is 13.6. The van der Waals surface area contributed by atoms with Crippen molar-refractivity contribution in [2.45, 2.75) is 52.4 Å². The Balaban J connectivity index is 0.000000194. The molecule has 8 nitrogen and oxygen atoms in total. The minimum atomic E-state index is -0.588. The molecule has 0 spiro atoms. The molecule has 3 aromatic carbocycles. The number of anilines is 3. The van der Waals surface area contributed by atoms with E-state index in [1.165, 1.54) is 15.0 Å². The minimum absolute atomic E-state index is 0.0627. The Kier molecular flexibility index (Phi) is 9.67. The van der Waals surface area contributed by atoms with E-state index in [2.05, 4.69) is 18.9 Å². The number of hydrogen-bond acceptors (Lipinski definition) is 4. The minimum Gasteiger partial charge on any atom is -0.495 e. The van der Waals surface area contributed by atoms with E-state index in [0.29, 0.717) is 29.9 Å². The predicted molar refractivity (Wildman–Crippen MR) is 158 cm³/mol. The topological polar surface area (TPSA) is 93.5 Å². The molecule has 8 heteroatoms. The fourth-order valence-electron chi connectivity index (χ4n) is 4.77. The van der Waals surface area contributed by atoms with Crippen LogP contribution in [0.4, 0.5) is 17.1 Å². The molecule has 0 bridgehead atoms. The van der Waals surface area contributed by atoms with Gasteiger partial charge in [-0.2, -0.15) is 5.01 Å². The van der Waals surface area contributed by atoms with Crippen molar-refractivity contribution < 1.29 is 19.5 Å². The van der Waals surface area contributed by atoms with Gasteiger partial charge in [-0.25, -0.2) is 10.0 Å². The van der Waals surface area contributed by atoms with Gasteiger partial charge in [0, 0.05) is 0 Å². The van der Waals surface area contributed by atoms with Crippen LogP contribution in [-0.2, 0) is 14.4 Å². The predicted octanol–water partition coefficient (Wildman–Crippen LogP) is 6.50. The Morgan fingerprint density at radius 1 is 0.600 bits per heavy atom. The molecule has 0 aromatic heterocycles.